The predicted molar refractivity (Wildman–Crippen MR) is 566 cm³/mol. The number of aliphatic hydroxyl groups is 2. The van der Waals surface area contributed by atoms with E-state index in [9.17, 15) is 15.0 Å². The van der Waals surface area contributed by atoms with Crippen molar-refractivity contribution in [1.82, 2.24) is 0 Å². The van der Waals surface area contributed by atoms with Gasteiger partial charge in [0, 0.05) is 51.0 Å². The van der Waals surface area contributed by atoms with E-state index >= 15 is 0 Å². The number of ether oxygens (including phenoxy) is 13. The third-order valence-electron chi connectivity index (χ3n) is 35.7. The molecule has 0 radical (unpaired) electrons. The Labute approximate surface area is 882 Å². The molecule has 14 aliphatic rings. The predicted octanol–water partition coefficient (Wildman–Crippen LogP) is 20.5. The topological polar surface area (TPSA) is 342 Å². The van der Waals surface area contributed by atoms with Crippen molar-refractivity contribution in [2.45, 2.75) is 503 Å². The van der Waals surface area contributed by atoms with E-state index < -0.39 is 66.1 Å². The Bertz CT molecular complexity index is 4600. The maximum Gasteiger partial charge on any atom is 0.373 e. The molecule has 2 aromatic carbocycles. The molecule has 0 saturated carbocycles. The highest BCUT2D eigenvalue weighted by atomic mass is 32.1. The quantitative estimate of drug-likeness (QED) is 0.0360. The molecule has 36 atom stereocenters. The number of rotatable bonds is 37. The largest absolute Gasteiger partial charge is 0.417 e. The molecule has 16 rings (SSSR count). The molecule has 14 heterocycles. The zero-order chi connectivity index (χ0) is 107. The first-order valence-electron chi connectivity index (χ1n) is 54.5. The van der Waals surface area contributed by atoms with Gasteiger partial charge in [-0.3, -0.25) is 4.79 Å². The molecule has 146 heavy (non-hydrogen) atoms. The lowest BCUT2D eigenvalue weighted by Gasteiger charge is -2.54. The van der Waals surface area contributed by atoms with Crippen LogP contribution in [0.25, 0.3) is 0 Å². The standard InChI is InChI=1S/C66H114O9Si3.C46H66O10.2CO2.2O2S/c1-23-51-32-36-56-61(71-51)48(7)62(75-78(21,22)66(14,15)16)63(73-56)57(74-77(19,20)65(11,12)13)34-30-50(67)29-31-52-39-45(4)55(69-52)35-33-53-38-44(3)46(5)59(70-53)41-60-54(40-49-27-25-24-26-28-49)47(6)58(72-60)37-43(2)42-68-76(17,18)64(8,9)10;1-6-31-12-15-36-41(51-31)45-44-43(53-36)42-40(54-44)23-46(55-42,56-45)17-16-33-19-26(3)35(49-33)14-13-32-18-25(2)27(4)38(50-32)22-39-34(20-29-10-8-7-9-11-29)28(5)37(52-39)21-30(48)24-47;2*2-1-3;2*1-3-2/h24-28,30,34,43-44,47-48,51-63H,4-5,23,29,31-33,35-42H2,1-3,6-22H3;7-11,25,28,30-45,47-48H,3-4,6,12-24H2,1-2,5H3;;;;/b34-30+;;;;;/t43-,44+,47+,48-,51-,52-,53-,54+,55?,56-,57-,58+,59?,60-,61+,62-,63-;25-,28-,30+,31+,32+,33+,34-,35?,36+,37-,38?,39+,40?,41+,42+,43+,44?,45+,46+;;;;/m01..../s1. The van der Waals surface area contributed by atoms with Crippen LogP contribution in [0, 0.1) is 47.3 Å². The molecule has 14 aliphatic heterocycles. The number of allylic oxidation sites excluding steroid dienone is 1. The molecule has 27 nitrogen and oxygen atoms in total. The molecule has 6 bridgehead atoms. The number of fused-ring (bicyclic) bond motifs is 2. The second-order valence-electron chi connectivity index (χ2n) is 49.0. The van der Waals surface area contributed by atoms with E-state index in [0.29, 0.717) is 48.9 Å². The van der Waals surface area contributed by atoms with E-state index in [2.05, 4.69) is 238 Å². The number of benzene rings is 2. The zero-order valence-corrected chi connectivity index (χ0v) is 96.6. The SMILES string of the molecule is C=C1C[C@H](CCC(=O)/C=C/[C@H](O[Si](C)(C)C(C)(C)C)[C@@H]2O[C@H]3CC[C@H](CC)O[C@@H]3[C@H](C)[C@@H]2O[Si](C)(C)C(C)(C)C)OC1CC[C@H]1C[C@@H](C)C(=C)C(C[C@@H]2O[C@H](C[C@H](C)CO[Si](C)(C)C(C)(C)C)[C@H](C)[C@H]2Cc2ccccc2)O1.C=C1C[C@H](CC[C@@]23CC4OC5[C@@H](O2)[C@H]2O[C@@H](CC)CC[C@@H]2O[C@H]5[C@H]4O3)OC1CC[C@H]1C[C@@H](C)C(=C)C(C[C@@H]2O[C@H](C[C@H](O)CO)[C@H](C)[C@H]2Cc2ccccc2)O1.O=C=O.O=C=O.O=S=O.O=S=O. The van der Waals surface area contributed by atoms with Crippen molar-refractivity contribution in [2.24, 2.45) is 47.3 Å². The van der Waals surface area contributed by atoms with Gasteiger partial charge in [-0.05, 0) is 257 Å². The van der Waals surface area contributed by atoms with Crippen LogP contribution >= 0.6 is 0 Å². The number of ketones is 1. The van der Waals surface area contributed by atoms with Crippen LogP contribution in [0.1, 0.15) is 277 Å². The molecular formula is C114H180O27S2Si3. The summed E-state index contributed by atoms with van der Waals surface area (Å²) in [6.07, 6.45) is 23.6. The number of hydrogen-bond acceptors (Lipinski definition) is 27. The van der Waals surface area contributed by atoms with Crippen molar-refractivity contribution in [3.8, 4) is 0 Å². The highest BCUT2D eigenvalue weighted by molar-refractivity contribution is 7.52. The van der Waals surface area contributed by atoms with Crippen LogP contribution in [-0.4, -0.2) is 254 Å². The van der Waals surface area contributed by atoms with Crippen molar-refractivity contribution in [3.05, 3.63) is 133 Å². The number of carbonyl (C=O) groups is 1. The first kappa shape index (κ1) is 123. The molecule has 14 fully saturated rings. The van der Waals surface area contributed by atoms with Gasteiger partial charge in [-0.25, -0.2) is 0 Å². The summed E-state index contributed by atoms with van der Waals surface area (Å²) in [7, 11) is -6.43. The first-order chi connectivity index (χ1) is 68.9. The third-order valence-corrected chi connectivity index (χ3v) is 49.1. The van der Waals surface area contributed by atoms with Crippen molar-refractivity contribution in [2.75, 3.05) is 13.2 Å². The van der Waals surface area contributed by atoms with Gasteiger partial charge in [-0.15, -0.1) is 0 Å². The molecule has 32 heteroatoms. The molecule has 6 unspecified atom stereocenters. The zero-order valence-electron chi connectivity index (χ0n) is 92.0. The first-order valence-corrected chi connectivity index (χ1v) is 64.6. The van der Waals surface area contributed by atoms with Crippen LogP contribution in [0.3, 0.4) is 0 Å². The fraction of sp³-hybridized carbons (Fsp3) is 0.781. The third kappa shape index (κ3) is 32.2. The molecule has 14 saturated heterocycles. The molecule has 2 N–H and O–H groups in total. The Balaban J connectivity index is 0.000000280. The van der Waals surface area contributed by atoms with E-state index in [4.69, 9.17) is 111 Å². The summed E-state index contributed by atoms with van der Waals surface area (Å²) in [5, 5.41) is 20.1. The minimum Gasteiger partial charge on any atom is -0.417 e. The average Bonchev–Trinajstić information content (AvgIpc) is 1.54. The Morgan fingerprint density at radius 2 is 0.945 bits per heavy atom. The second-order valence-corrected chi connectivity index (χ2v) is 63.6. The lowest BCUT2D eigenvalue weighted by Crippen LogP contribution is -2.64. The van der Waals surface area contributed by atoms with E-state index in [1.807, 2.05) is 12.1 Å². The van der Waals surface area contributed by atoms with Crippen molar-refractivity contribution in [1.29, 1.82) is 0 Å². The monoisotopic (exact) mass is 2130 g/mol. The lowest BCUT2D eigenvalue weighted by molar-refractivity contribution is -0.292. The highest BCUT2D eigenvalue weighted by Gasteiger charge is 2.69. The van der Waals surface area contributed by atoms with Gasteiger partial charge in [0.25, 0.3) is 0 Å². The number of carbonyl (C=O) groups excluding carboxylic acids is 5. The van der Waals surface area contributed by atoms with E-state index in [0.717, 1.165) is 165 Å². The molecule has 0 aliphatic carbocycles. The van der Waals surface area contributed by atoms with Gasteiger partial charge in [0.1, 0.15) is 36.6 Å². The molecule has 822 valence electrons. The van der Waals surface area contributed by atoms with Gasteiger partial charge in [-0.1, -0.05) is 211 Å². The van der Waals surface area contributed by atoms with Crippen molar-refractivity contribution < 1.29 is 126 Å². The van der Waals surface area contributed by atoms with Crippen LogP contribution in [-0.2, 0) is 135 Å². The summed E-state index contributed by atoms with van der Waals surface area (Å²) in [6.45, 7) is 71.5. The molecular weight excluding hydrogens is 1950 g/mol. The smallest absolute Gasteiger partial charge is 0.373 e. The second kappa shape index (κ2) is 55.0. The lowest BCUT2D eigenvalue weighted by atomic mass is 9.78. The van der Waals surface area contributed by atoms with Gasteiger partial charge in [0.05, 0.1) is 135 Å². The number of hydrogen-bond donors (Lipinski definition) is 2. The van der Waals surface area contributed by atoms with Crippen LogP contribution in [0.15, 0.2) is 121 Å². The van der Waals surface area contributed by atoms with Crippen LogP contribution in [0.5, 0.6) is 0 Å². The summed E-state index contributed by atoms with van der Waals surface area (Å²) in [6, 6.07) is 21.5. The normalized spacial score (nSPS) is 36.4. The Kier molecular flexibility index (Phi) is 46.3. The minimum absolute atomic E-state index is 0.00101. The van der Waals surface area contributed by atoms with Crippen LogP contribution in [0.2, 0.25) is 54.4 Å². The Morgan fingerprint density at radius 1 is 0.507 bits per heavy atom. The van der Waals surface area contributed by atoms with E-state index in [-0.39, 0.29) is 210 Å². The highest BCUT2D eigenvalue weighted by Crippen LogP contribution is 2.56. The van der Waals surface area contributed by atoms with Gasteiger partial charge in [0.15, 0.2) is 36.5 Å². The molecule has 0 aromatic heterocycles. The molecule has 0 amide bonds. The van der Waals surface area contributed by atoms with Crippen molar-refractivity contribution >= 4 is 66.2 Å². The van der Waals surface area contributed by atoms with Gasteiger partial charge < -0.3 is 85.1 Å². The Morgan fingerprint density at radius 3 is 1.42 bits per heavy atom. The fourth-order valence-corrected chi connectivity index (χ4v) is 27.5. The summed E-state index contributed by atoms with van der Waals surface area (Å²) in [5.74, 6) is 1.88. The van der Waals surface area contributed by atoms with E-state index in [1.54, 1.807) is 6.08 Å². The number of aliphatic hydroxyl groups excluding tert-OH is 2. The van der Waals surface area contributed by atoms with Gasteiger partial charge in [-0.2, -0.15) is 36.0 Å². The van der Waals surface area contributed by atoms with Crippen molar-refractivity contribution in [3.63, 3.8) is 0 Å². The van der Waals surface area contributed by atoms with Crippen LogP contribution in [0.4, 0.5) is 0 Å². The molecule has 2 aromatic rings. The summed E-state index contributed by atoms with van der Waals surface area (Å²) in [5.41, 5.74) is 7.26. The summed E-state index contributed by atoms with van der Waals surface area (Å²) < 4.78 is 143. The average molecular weight is 2130 g/mol. The minimum atomic E-state index is -2.33. The summed E-state index contributed by atoms with van der Waals surface area (Å²) >= 11 is -1.50. The van der Waals surface area contributed by atoms with Gasteiger partial charge in [0.2, 0.25) is 0 Å². The maximum atomic E-state index is 14.0. The van der Waals surface area contributed by atoms with E-state index in [1.165, 1.54) is 16.7 Å². The summed E-state index contributed by atoms with van der Waals surface area (Å²) in [4.78, 5) is 46.5. The Hall–Kier alpha value is -4.86. The van der Waals surface area contributed by atoms with Gasteiger partial charge >= 0.3 is 35.4 Å². The fourth-order valence-electron chi connectivity index (χ4n) is 23.8. The molecule has 0 spiro atoms. The van der Waals surface area contributed by atoms with Crippen LogP contribution < -0.4 is 0 Å². The maximum absolute atomic E-state index is 14.0.